The summed E-state index contributed by atoms with van der Waals surface area (Å²) in [7, 11) is 0. The first kappa shape index (κ1) is 17.1. The molecule has 0 atom stereocenters. The molecular formula is C11H13BrCl2N4. The molecule has 0 aliphatic rings. The van der Waals surface area contributed by atoms with Gasteiger partial charge in [0, 0.05) is 11.8 Å². The Balaban J connectivity index is 0.00000289. The summed E-state index contributed by atoms with van der Waals surface area (Å²) in [4.78, 5) is 8.06. The lowest BCUT2D eigenvalue weighted by Gasteiger charge is -2.01. The third kappa shape index (κ3) is 5.18. The molecule has 18 heavy (non-hydrogen) atoms. The van der Waals surface area contributed by atoms with Crippen LogP contribution in [0.2, 0.25) is 10.0 Å². The molecule has 0 saturated heterocycles. The third-order valence-corrected chi connectivity index (χ3v) is 2.47. The normalized spacial score (nSPS) is 11.2. The van der Waals surface area contributed by atoms with Crippen LogP contribution in [-0.4, -0.2) is 18.7 Å². The van der Waals surface area contributed by atoms with E-state index in [0.717, 1.165) is 0 Å². The van der Waals surface area contributed by atoms with Crippen LogP contribution < -0.4 is 11.3 Å². The molecule has 0 aliphatic carbocycles. The summed E-state index contributed by atoms with van der Waals surface area (Å²) in [5, 5.41) is 1.03. The van der Waals surface area contributed by atoms with E-state index in [1.807, 2.05) is 0 Å². The highest BCUT2D eigenvalue weighted by Gasteiger charge is 2.02. The number of guanidine groups is 1. The Kier molecular flexibility index (Phi) is 8.66. The van der Waals surface area contributed by atoms with Gasteiger partial charge in [-0.1, -0.05) is 35.3 Å². The van der Waals surface area contributed by atoms with Crippen molar-refractivity contribution in [3.63, 3.8) is 0 Å². The number of nitrogens with zero attached hydrogens (tertiary/aromatic N) is 2. The molecule has 7 heteroatoms. The highest BCUT2D eigenvalue weighted by Crippen LogP contribution is 2.22. The van der Waals surface area contributed by atoms with Gasteiger partial charge in [-0.15, -0.1) is 23.6 Å². The molecule has 4 nitrogen and oxygen atoms in total. The second kappa shape index (κ2) is 9.10. The highest BCUT2D eigenvalue weighted by molar-refractivity contribution is 8.93. The van der Waals surface area contributed by atoms with Gasteiger partial charge >= 0.3 is 0 Å². The highest BCUT2D eigenvalue weighted by atomic mass is 79.9. The zero-order chi connectivity index (χ0) is 12.7. The van der Waals surface area contributed by atoms with Gasteiger partial charge in [-0.25, -0.2) is 15.8 Å². The van der Waals surface area contributed by atoms with Gasteiger partial charge in [0.15, 0.2) is 0 Å². The molecule has 1 rings (SSSR count). The van der Waals surface area contributed by atoms with E-state index >= 15 is 0 Å². The van der Waals surface area contributed by atoms with E-state index < -0.39 is 0 Å². The number of halogens is 3. The maximum absolute atomic E-state index is 5.98. The van der Waals surface area contributed by atoms with Gasteiger partial charge in [0.05, 0.1) is 16.6 Å². The van der Waals surface area contributed by atoms with Crippen LogP contribution in [0.15, 0.2) is 40.8 Å². The maximum atomic E-state index is 5.98. The molecule has 1 aromatic rings. The molecule has 0 spiro atoms. The minimum atomic E-state index is 0. The zero-order valence-electron chi connectivity index (χ0n) is 9.44. The third-order valence-electron chi connectivity index (χ3n) is 1.81. The first-order valence-electron chi connectivity index (χ1n) is 4.79. The van der Waals surface area contributed by atoms with E-state index in [0.29, 0.717) is 22.2 Å². The Morgan fingerprint density at radius 1 is 1.39 bits per heavy atom. The molecule has 0 radical (unpaired) electrons. The minimum Gasteiger partial charge on any atom is -0.293 e. The molecule has 0 bridgehead atoms. The number of hydrazine groups is 1. The lowest BCUT2D eigenvalue weighted by Crippen LogP contribution is -2.29. The monoisotopic (exact) mass is 350 g/mol. The number of nitrogens with two attached hydrogens (primary N) is 1. The van der Waals surface area contributed by atoms with Gasteiger partial charge in [0.25, 0.3) is 0 Å². The summed E-state index contributed by atoms with van der Waals surface area (Å²) in [6.45, 7) is 3.97. The molecule has 0 heterocycles. The topological polar surface area (TPSA) is 62.8 Å². The predicted octanol–water partition coefficient (Wildman–Crippen LogP) is 3.00. The Bertz CT molecular complexity index is 440. The van der Waals surface area contributed by atoms with Crippen LogP contribution in [0, 0.1) is 0 Å². The number of hydrogen-bond acceptors (Lipinski definition) is 2. The second-order valence-corrected chi connectivity index (χ2v) is 3.81. The molecule has 0 fully saturated rings. The zero-order valence-corrected chi connectivity index (χ0v) is 12.7. The molecule has 0 amide bonds. The van der Waals surface area contributed by atoms with Gasteiger partial charge in [0.2, 0.25) is 5.96 Å². The Hall–Kier alpha value is -0.880. The van der Waals surface area contributed by atoms with Gasteiger partial charge < -0.3 is 0 Å². The summed E-state index contributed by atoms with van der Waals surface area (Å²) in [5.41, 5.74) is 2.99. The largest absolute Gasteiger partial charge is 0.293 e. The Morgan fingerprint density at radius 3 is 2.50 bits per heavy atom. The number of hydrogen-bond donors (Lipinski definition) is 2. The van der Waals surface area contributed by atoms with E-state index in [-0.39, 0.29) is 22.9 Å². The quantitative estimate of drug-likeness (QED) is 0.289. The lowest BCUT2D eigenvalue weighted by molar-refractivity contribution is 0.990. The van der Waals surface area contributed by atoms with Crippen molar-refractivity contribution in [1.29, 1.82) is 0 Å². The summed E-state index contributed by atoms with van der Waals surface area (Å²) in [6.07, 6.45) is 3.14. The summed E-state index contributed by atoms with van der Waals surface area (Å²) >= 11 is 12.0. The summed E-state index contributed by atoms with van der Waals surface area (Å²) in [5.74, 6) is 5.54. The SMILES string of the molecule is Br.C=CCN=C(N=Cc1c(Cl)cccc1Cl)NN. The van der Waals surface area contributed by atoms with E-state index in [1.165, 1.54) is 6.21 Å². The molecule has 0 unspecified atom stereocenters. The van der Waals surface area contributed by atoms with Crippen molar-refractivity contribution in [2.45, 2.75) is 0 Å². The molecule has 1 aromatic carbocycles. The van der Waals surface area contributed by atoms with Crippen molar-refractivity contribution in [2.24, 2.45) is 15.8 Å². The van der Waals surface area contributed by atoms with Crippen molar-refractivity contribution >= 4 is 52.4 Å². The van der Waals surface area contributed by atoms with E-state index in [2.05, 4.69) is 22.0 Å². The average Bonchev–Trinajstić information content (AvgIpc) is 2.32. The van der Waals surface area contributed by atoms with Crippen molar-refractivity contribution in [1.82, 2.24) is 5.43 Å². The number of nitrogens with one attached hydrogen (secondary N) is 1. The van der Waals surface area contributed by atoms with Crippen molar-refractivity contribution in [3.05, 3.63) is 46.5 Å². The number of aliphatic imine (C=N–C) groups is 2. The van der Waals surface area contributed by atoms with Crippen LogP contribution in [0.4, 0.5) is 0 Å². The molecule has 98 valence electrons. The Labute approximate surface area is 126 Å². The fourth-order valence-corrected chi connectivity index (χ4v) is 1.53. The van der Waals surface area contributed by atoms with Crippen LogP contribution in [-0.2, 0) is 0 Å². The van der Waals surface area contributed by atoms with E-state index in [1.54, 1.807) is 24.3 Å². The van der Waals surface area contributed by atoms with Crippen LogP contribution in [0.5, 0.6) is 0 Å². The van der Waals surface area contributed by atoms with Crippen molar-refractivity contribution in [3.8, 4) is 0 Å². The molecular weight excluding hydrogens is 339 g/mol. The molecule has 0 aromatic heterocycles. The fraction of sp³-hybridized carbons (Fsp3) is 0.0909. The first-order chi connectivity index (χ1) is 8.19. The van der Waals surface area contributed by atoms with Crippen LogP contribution >= 0.6 is 40.2 Å². The van der Waals surface area contributed by atoms with Gasteiger partial charge in [-0.05, 0) is 12.1 Å². The van der Waals surface area contributed by atoms with Crippen LogP contribution in [0.3, 0.4) is 0 Å². The summed E-state index contributed by atoms with van der Waals surface area (Å²) < 4.78 is 0. The number of rotatable bonds is 3. The summed E-state index contributed by atoms with van der Waals surface area (Å²) in [6, 6.07) is 5.21. The second-order valence-electron chi connectivity index (χ2n) is 2.99. The Morgan fingerprint density at radius 2 is 2.00 bits per heavy atom. The fourth-order valence-electron chi connectivity index (χ4n) is 1.03. The number of benzene rings is 1. The molecule has 0 aliphatic heterocycles. The van der Waals surface area contributed by atoms with E-state index in [9.17, 15) is 0 Å². The average molecular weight is 352 g/mol. The lowest BCUT2D eigenvalue weighted by atomic mass is 10.2. The van der Waals surface area contributed by atoms with Gasteiger partial charge in [-0.2, -0.15) is 0 Å². The van der Waals surface area contributed by atoms with Gasteiger partial charge in [0.1, 0.15) is 0 Å². The predicted molar refractivity (Wildman–Crippen MR) is 84.2 cm³/mol. The van der Waals surface area contributed by atoms with Crippen molar-refractivity contribution < 1.29 is 0 Å². The minimum absolute atomic E-state index is 0. The van der Waals surface area contributed by atoms with Gasteiger partial charge in [-0.3, -0.25) is 5.43 Å². The standard InChI is InChI=1S/C11H12Cl2N4.BrH/c1-2-6-15-11(17-14)16-7-8-9(12)4-3-5-10(8)13;/h2-5,7H,1,6,14H2,(H,15,17);1H. The van der Waals surface area contributed by atoms with Crippen LogP contribution in [0.1, 0.15) is 5.56 Å². The smallest absolute Gasteiger partial charge is 0.232 e. The molecule has 3 N–H and O–H groups in total. The first-order valence-corrected chi connectivity index (χ1v) is 5.54. The van der Waals surface area contributed by atoms with Crippen molar-refractivity contribution in [2.75, 3.05) is 6.54 Å². The van der Waals surface area contributed by atoms with E-state index in [4.69, 9.17) is 29.0 Å². The van der Waals surface area contributed by atoms with Crippen LogP contribution in [0.25, 0.3) is 0 Å². The molecule has 0 saturated carbocycles. The maximum Gasteiger partial charge on any atom is 0.232 e.